The molecule has 1 aliphatic heterocycles. The number of halogens is 3. The van der Waals surface area contributed by atoms with E-state index in [1.54, 1.807) is 31.4 Å². The summed E-state index contributed by atoms with van der Waals surface area (Å²) in [4.78, 5) is 25.1. The molecule has 4 rings (SSSR count). The number of carbonyl (C=O) groups is 2. The smallest absolute Gasteiger partial charge is 0.496 e. The molecule has 226 valence electrons. The summed E-state index contributed by atoms with van der Waals surface area (Å²) < 4.78 is 58.8. The first kappa shape index (κ1) is 31.7. The van der Waals surface area contributed by atoms with Crippen LogP contribution in [0, 0.1) is 0 Å². The fourth-order valence-corrected chi connectivity index (χ4v) is 5.34. The van der Waals surface area contributed by atoms with Crippen molar-refractivity contribution < 1.29 is 46.8 Å². The number of thioether (sulfide) groups is 1. The molecular weight excluding hydrogens is 607 g/mol. The van der Waals surface area contributed by atoms with Crippen LogP contribution in [0.2, 0.25) is 0 Å². The summed E-state index contributed by atoms with van der Waals surface area (Å²) in [6.45, 7) is -0.0404. The van der Waals surface area contributed by atoms with Gasteiger partial charge in [-0.3, -0.25) is 14.5 Å². The van der Waals surface area contributed by atoms with E-state index in [9.17, 15) is 22.8 Å². The Morgan fingerprint density at radius 1 is 0.977 bits per heavy atom. The lowest BCUT2D eigenvalue weighted by Crippen LogP contribution is -2.33. The van der Waals surface area contributed by atoms with Gasteiger partial charge in [-0.05, 0) is 53.1 Å². The summed E-state index contributed by atoms with van der Waals surface area (Å²) in [6, 6.07) is 18.2. The van der Waals surface area contributed by atoms with E-state index in [1.165, 1.54) is 24.3 Å². The molecule has 1 N–H and O–H groups in total. The number of alkyl halides is 3. The minimum Gasteiger partial charge on any atom is -0.496 e. The van der Waals surface area contributed by atoms with Crippen molar-refractivity contribution in [3.05, 3.63) is 88.3 Å². The first-order chi connectivity index (χ1) is 20.5. The fourth-order valence-electron chi connectivity index (χ4n) is 4.09. The van der Waals surface area contributed by atoms with Gasteiger partial charge in [-0.15, -0.1) is 13.2 Å². The van der Waals surface area contributed by atoms with Crippen LogP contribution >= 0.6 is 24.0 Å². The Labute approximate surface area is 255 Å². The molecule has 0 unspecified atom stereocenters. The molecule has 3 aromatic carbocycles. The SMILES string of the molecule is COc1ccccc1CCOc1cc(C=C2SC(=S)N(CC(=O)O)C2=O)ccc1OCCc1ccc(OC(F)(F)F)cc1. The number of benzene rings is 3. The molecule has 0 spiro atoms. The summed E-state index contributed by atoms with van der Waals surface area (Å²) in [6.07, 6.45) is -2.22. The van der Waals surface area contributed by atoms with Crippen molar-refractivity contribution in [2.45, 2.75) is 19.2 Å². The third kappa shape index (κ3) is 9.13. The van der Waals surface area contributed by atoms with Crippen molar-refractivity contribution in [2.24, 2.45) is 0 Å². The number of carboxylic acid groups (broad SMARTS) is 1. The Morgan fingerprint density at radius 3 is 2.37 bits per heavy atom. The van der Waals surface area contributed by atoms with Gasteiger partial charge in [0.05, 0.1) is 25.2 Å². The number of carbonyl (C=O) groups excluding carboxylic acids is 1. The maximum atomic E-state index is 12.7. The Kier molecular flexibility index (Phi) is 10.5. The number of hydrogen-bond donors (Lipinski definition) is 1. The average molecular weight is 634 g/mol. The maximum absolute atomic E-state index is 12.7. The highest BCUT2D eigenvalue weighted by atomic mass is 32.2. The lowest BCUT2D eigenvalue weighted by atomic mass is 10.1. The number of carboxylic acids is 1. The second kappa shape index (κ2) is 14.3. The molecule has 1 fully saturated rings. The van der Waals surface area contributed by atoms with Crippen LogP contribution in [0.4, 0.5) is 13.2 Å². The van der Waals surface area contributed by atoms with Gasteiger partial charge in [0.15, 0.2) is 11.5 Å². The minimum absolute atomic E-state index is 0.157. The zero-order valence-electron chi connectivity index (χ0n) is 22.8. The molecule has 0 bridgehead atoms. The van der Waals surface area contributed by atoms with Crippen LogP contribution in [0.3, 0.4) is 0 Å². The number of rotatable bonds is 13. The number of nitrogens with zero attached hydrogens (tertiary/aromatic N) is 1. The Balaban J connectivity index is 1.48. The van der Waals surface area contributed by atoms with E-state index in [0.717, 1.165) is 33.5 Å². The van der Waals surface area contributed by atoms with Crippen LogP contribution < -0.4 is 18.9 Å². The van der Waals surface area contributed by atoms with Crippen molar-refractivity contribution in [2.75, 3.05) is 26.9 Å². The van der Waals surface area contributed by atoms with Crippen molar-refractivity contribution >= 4 is 46.3 Å². The highest BCUT2D eigenvalue weighted by Crippen LogP contribution is 2.35. The molecule has 0 radical (unpaired) electrons. The number of ether oxygens (including phenoxy) is 4. The third-order valence-corrected chi connectivity index (χ3v) is 7.44. The van der Waals surface area contributed by atoms with Crippen molar-refractivity contribution in [1.82, 2.24) is 4.90 Å². The standard InChI is InChI=1S/C30H26F3NO7S2/c1-38-23-5-3-2-4-21(23)13-15-40-25-16-20(17-26-28(37)34(18-27(35)36)29(42)43-26)8-11-24(25)39-14-12-19-6-9-22(10-7-19)41-30(31,32)33/h2-11,16-17H,12-15,18H2,1H3,(H,35,36). The number of para-hydroxylation sites is 1. The van der Waals surface area contributed by atoms with Crippen molar-refractivity contribution in [1.29, 1.82) is 0 Å². The van der Waals surface area contributed by atoms with E-state index >= 15 is 0 Å². The zero-order chi connectivity index (χ0) is 31.0. The third-order valence-electron chi connectivity index (χ3n) is 6.06. The van der Waals surface area contributed by atoms with Crippen molar-refractivity contribution in [3.8, 4) is 23.0 Å². The number of thiocarbonyl (C=S) groups is 1. The van der Waals surface area contributed by atoms with Gasteiger partial charge in [-0.2, -0.15) is 0 Å². The quantitative estimate of drug-likeness (QED) is 0.176. The second-order valence-corrected chi connectivity index (χ2v) is 10.7. The van der Waals surface area contributed by atoms with E-state index < -0.39 is 24.8 Å². The van der Waals surface area contributed by atoms with E-state index in [1.807, 2.05) is 24.3 Å². The van der Waals surface area contributed by atoms with E-state index in [-0.39, 0.29) is 28.2 Å². The predicted octanol–water partition coefficient (Wildman–Crippen LogP) is 6.12. The number of hydrogen-bond acceptors (Lipinski definition) is 8. The highest BCUT2D eigenvalue weighted by Gasteiger charge is 2.33. The second-order valence-electron chi connectivity index (χ2n) is 9.07. The van der Waals surface area contributed by atoms with Gasteiger partial charge in [-0.25, -0.2) is 0 Å². The van der Waals surface area contributed by atoms with Gasteiger partial charge in [0.1, 0.15) is 22.4 Å². The average Bonchev–Trinajstić information content (AvgIpc) is 3.21. The molecule has 0 aliphatic carbocycles. The van der Waals surface area contributed by atoms with Crippen molar-refractivity contribution in [3.63, 3.8) is 0 Å². The maximum Gasteiger partial charge on any atom is 0.573 e. The summed E-state index contributed by atoms with van der Waals surface area (Å²) in [5.74, 6) is -0.422. The van der Waals surface area contributed by atoms with Gasteiger partial charge in [0, 0.05) is 12.8 Å². The lowest BCUT2D eigenvalue weighted by molar-refractivity contribution is -0.274. The van der Waals surface area contributed by atoms with Crippen LogP contribution in [0.25, 0.3) is 6.08 Å². The number of amides is 1. The Bertz CT molecular complexity index is 1510. The van der Waals surface area contributed by atoms with Gasteiger partial charge >= 0.3 is 12.3 Å². The molecule has 1 aliphatic rings. The van der Waals surface area contributed by atoms with Crippen LogP contribution in [0.1, 0.15) is 16.7 Å². The van der Waals surface area contributed by atoms with Gasteiger partial charge < -0.3 is 24.1 Å². The van der Waals surface area contributed by atoms with E-state index in [2.05, 4.69) is 4.74 Å². The molecule has 0 saturated carbocycles. The Morgan fingerprint density at radius 2 is 1.67 bits per heavy atom. The normalized spacial score (nSPS) is 14.2. The van der Waals surface area contributed by atoms with Crippen LogP contribution in [0.5, 0.6) is 23.0 Å². The molecule has 0 aromatic heterocycles. The molecule has 8 nitrogen and oxygen atoms in total. The lowest BCUT2D eigenvalue weighted by Gasteiger charge is -2.15. The predicted molar refractivity (Wildman–Crippen MR) is 158 cm³/mol. The molecule has 0 atom stereocenters. The van der Waals surface area contributed by atoms with E-state index in [4.69, 9.17) is 31.5 Å². The minimum atomic E-state index is -4.76. The molecule has 13 heteroatoms. The summed E-state index contributed by atoms with van der Waals surface area (Å²) >= 11 is 6.18. The number of aliphatic carboxylic acids is 1. The first-order valence-corrected chi connectivity index (χ1v) is 14.1. The molecule has 1 amide bonds. The van der Waals surface area contributed by atoms with Gasteiger partial charge in [0.2, 0.25) is 0 Å². The van der Waals surface area contributed by atoms with Crippen LogP contribution in [-0.4, -0.2) is 59.4 Å². The fraction of sp³-hybridized carbons (Fsp3) is 0.233. The zero-order valence-corrected chi connectivity index (χ0v) is 24.4. The molecule has 3 aromatic rings. The molecular formula is C30H26F3NO7S2. The summed E-state index contributed by atoms with van der Waals surface area (Å²) in [7, 11) is 1.59. The van der Waals surface area contributed by atoms with Gasteiger partial charge in [0.25, 0.3) is 5.91 Å². The largest absolute Gasteiger partial charge is 0.573 e. The monoisotopic (exact) mass is 633 g/mol. The summed E-state index contributed by atoms with van der Waals surface area (Å²) in [5.41, 5.74) is 2.30. The highest BCUT2D eigenvalue weighted by molar-refractivity contribution is 8.26. The molecule has 43 heavy (non-hydrogen) atoms. The van der Waals surface area contributed by atoms with Gasteiger partial charge in [-0.1, -0.05) is 60.4 Å². The Hall–Kier alpha value is -4.23. The first-order valence-electron chi connectivity index (χ1n) is 12.9. The summed E-state index contributed by atoms with van der Waals surface area (Å²) in [5, 5.41) is 9.08. The van der Waals surface area contributed by atoms with Crippen LogP contribution in [-0.2, 0) is 22.4 Å². The van der Waals surface area contributed by atoms with Crippen LogP contribution in [0.15, 0.2) is 71.6 Å². The molecule has 1 saturated heterocycles. The topological polar surface area (TPSA) is 94.5 Å². The number of methoxy groups -OCH3 is 1. The van der Waals surface area contributed by atoms with E-state index in [0.29, 0.717) is 29.9 Å². The molecule has 1 heterocycles.